The van der Waals surface area contributed by atoms with Gasteiger partial charge in [0.15, 0.2) is 0 Å². The van der Waals surface area contributed by atoms with Gasteiger partial charge in [0, 0.05) is 3.57 Å². The van der Waals surface area contributed by atoms with Crippen LogP contribution >= 0.6 is 22.6 Å². The summed E-state index contributed by atoms with van der Waals surface area (Å²) < 4.78 is 0.765. The summed E-state index contributed by atoms with van der Waals surface area (Å²) >= 11 is 2.00. The number of amides is 1. The van der Waals surface area contributed by atoms with Crippen molar-refractivity contribution in [3.8, 4) is 11.5 Å². The summed E-state index contributed by atoms with van der Waals surface area (Å²) in [6.45, 7) is 0. The van der Waals surface area contributed by atoms with Crippen LogP contribution in [-0.2, 0) is 0 Å². The number of carbonyl (C=O) groups excluding carboxylic acids is 1. The number of phenolic OH excluding ortho intramolecular Hbond substituents is 2. The molecule has 108 valence electrons. The molecule has 0 aliphatic carbocycles. The van der Waals surface area contributed by atoms with Crippen LogP contribution in [0.15, 0.2) is 36.4 Å². The molecule has 1 amide bonds. The number of aromatic hydroxyl groups is 2. The van der Waals surface area contributed by atoms with Crippen LogP contribution in [0.1, 0.15) is 20.7 Å². The molecule has 0 atom stereocenters. The number of nitrogens with one attached hydrogen (secondary N) is 1. The number of hydrogen-bond donors (Lipinski definition) is 4. The van der Waals surface area contributed by atoms with Gasteiger partial charge in [0.05, 0.1) is 16.8 Å². The van der Waals surface area contributed by atoms with Crippen molar-refractivity contribution < 1.29 is 24.9 Å². The van der Waals surface area contributed by atoms with Gasteiger partial charge in [-0.05, 0) is 59.0 Å². The van der Waals surface area contributed by atoms with Crippen LogP contribution in [-0.4, -0.2) is 27.2 Å². The van der Waals surface area contributed by atoms with Gasteiger partial charge in [-0.25, -0.2) is 4.79 Å². The lowest BCUT2D eigenvalue weighted by atomic mass is 10.1. The van der Waals surface area contributed by atoms with Crippen molar-refractivity contribution in [1.29, 1.82) is 0 Å². The Morgan fingerprint density at radius 1 is 1.00 bits per heavy atom. The van der Waals surface area contributed by atoms with Gasteiger partial charge in [-0.1, -0.05) is 0 Å². The van der Waals surface area contributed by atoms with E-state index in [2.05, 4.69) is 5.32 Å². The van der Waals surface area contributed by atoms with Gasteiger partial charge in [0.1, 0.15) is 11.5 Å². The molecular formula is C14H10INO5. The highest BCUT2D eigenvalue weighted by Gasteiger charge is 2.14. The third kappa shape index (κ3) is 3.43. The maximum absolute atomic E-state index is 12.1. The molecule has 0 bridgehead atoms. The summed E-state index contributed by atoms with van der Waals surface area (Å²) in [5.74, 6) is -2.34. The van der Waals surface area contributed by atoms with Gasteiger partial charge < -0.3 is 20.6 Å². The van der Waals surface area contributed by atoms with Gasteiger partial charge in [-0.3, -0.25) is 4.79 Å². The lowest BCUT2D eigenvalue weighted by molar-refractivity contribution is 0.0696. The van der Waals surface area contributed by atoms with E-state index in [1.54, 1.807) is 6.07 Å². The Hall–Kier alpha value is -2.29. The molecule has 0 spiro atoms. The number of rotatable bonds is 3. The number of hydrogen-bond acceptors (Lipinski definition) is 4. The average Bonchev–Trinajstić information content (AvgIpc) is 2.43. The smallest absolute Gasteiger partial charge is 0.335 e. The van der Waals surface area contributed by atoms with Gasteiger partial charge in [0.25, 0.3) is 5.91 Å². The Labute approximate surface area is 133 Å². The van der Waals surface area contributed by atoms with E-state index in [1.165, 1.54) is 24.3 Å². The van der Waals surface area contributed by atoms with Crippen LogP contribution in [0.3, 0.4) is 0 Å². The zero-order chi connectivity index (χ0) is 15.6. The SMILES string of the molecule is O=C(O)c1ccc(NC(=O)c2cc(I)ccc2O)c(O)c1. The first-order valence-electron chi connectivity index (χ1n) is 5.74. The third-order valence-corrected chi connectivity index (χ3v) is 3.37. The molecule has 0 aliphatic rings. The summed E-state index contributed by atoms with van der Waals surface area (Å²) in [5.41, 5.74) is 0.0227. The monoisotopic (exact) mass is 399 g/mol. The molecule has 2 rings (SSSR count). The second kappa shape index (κ2) is 6.00. The first-order valence-corrected chi connectivity index (χ1v) is 6.82. The van der Waals surface area contributed by atoms with Crippen molar-refractivity contribution >= 4 is 40.2 Å². The molecule has 7 heteroatoms. The Balaban J connectivity index is 2.27. The molecule has 4 N–H and O–H groups in total. The molecule has 0 aromatic heterocycles. The van der Waals surface area contributed by atoms with E-state index < -0.39 is 11.9 Å². The minimum absolute atomic E-state index is 0.0586. The van der Waals surface area contributed by atoms with E-state index in [4.69, 9.17) is 5.11 Å². The highest BCUT2D eigenvalue weighted by Crippen LogP contribution is 2.26. The number of carboxylic acid groups (broad SMARTS) is 1. The molecule has 0 aliphatic heterocycles. The number of benzene rings is 2. The van der Waals surface area contributed by atoms with E-state index in [1.807, 2.05) is 22.6 Å². The van der Waals surface area contributed by atoms with E-state index in [9.17, 15) is 19.8 Å². The predicted octanol–water partition coefficient (Wildman–Crippen LogP) is 2.65. The van der Waals surface area contributed by atoms with Gasteiger partial charge in [0.2, 0.25) is 0 Å². The largest absolute Gasteiger partial charge is 0.507 e. The minimum Gasteiger partial charge on any atom is -0.507 e. The van der Waals surface area contributed by atoms with Crippen LogP contribution < -0.4 is 5.32 Å². The summed E-state index contributed by atoms with van der Waals surface area (Å²) in [6, 6.07) is 8.10. The van der Waals surface area contributed by atoms with Crippen LogP contribution in [0.5, 0.6) is 11.5 Å². The van der Waals surface area contributed by atoms with Crippen molar-refractivity contribution in [2.75, 3.05) is 5.32 Å². The molecule has 2 aromatic carbocycles. The Morgan fingerprint density at radius 3 is 2.33 bits per heavy atom. The number of anilines is 1. The highest BCUT2D eigenvalue weighted by atomic mass is 127. The molecule has 0 fully saturated rings. The molecule has 0 radical (unpaired) electrons. The van der Waals surface area contributed by atoms with E-state index >= 15 is 0 Å². The van der Waals surface area contributed by atoms with Gasteiger partial charge in [-0.2, -0.15) is 0 Å². The fraction of sp³-hybridized carbons (Fsp3) is 0. The zero-order valence-electron chi connectivity index (χ0n) is 10.5. The van der Waals surface area contributed by atoms with Gasteiger partial charge in [-0.15, -0.1) is 0 Å². The number of phenols is 2. The Morgan fingerprint density at radius 2 is 1.71 bits per heavy atom. The van der Waals surface area contributed by atoms with E-state index in [-0.39, 0.29) is 28.3 Å². The number of carboxylic acids is 1. The summed E-state index contributed by atoms with van der Waals surface area (Å²) in [7, 11) is 0. The van der Waals surface area contributed by atoms with Crippen LogP contribution in [0.4, 0.5) is 5.69 Å². The first kappa shape index (κ1) is 15.1. The summed E-state index contributed by atoms with van der Waals surface area (Å²) in [5, 5.41) is 30.6. The van der Waals surface area contributed by atoms with Gasteiger partial charge >= 0.3 is 5.97 Å². The third-order valence-electron chi connectivity index (χ3n) is 2.70. The minimum atomic E-state index is -1.18. The molecule has 0 saturated heterocycles. The summed E-state index contributed by atoms with van der Waals surface area (Å²) in [6.07, 6.45) is 0. The second-order valence-corrected chi connectivity index (χ2v) is 5.40. The van der Waals surface area contributed by atoms with E-state index in [0.717, 1.165) is 9.64 Å². The fourth-order valence-corrected chi connectivity index (χ4v) is 2.14. The molecule has 6 nitrogen and oxygen atoms in total. The standard InChI is InChI=1S/C14H10INO5/c15-8-2-4-11(17)9(6-8)13(19)16-10-3-1-7(14(20)21)5-12(10)18/h1-6,17-18H,(H,16,19)(H,20,21). The van der Waals surface area contributed by atoms with Crippen molar-refractivity contribution in [3.05, 3.63) is 51.1 Å². The topological polar surface area (TPSA) is 107 Å². The summed E-state index contributed by atoms with van der Waals surface area (Å²) in [4.78, 5) is 22.8. The number of carbonyl (C=O) groups is 2. The molecule has 2 aromatic rings. The lowest BCUT2D eigenvalue weighted by Gasteiger charge is -2.09. The van der Waals surface area contributed by atoms with Crippen molar-refractivity contribution in [2.45, 2.75) is 0 Å². The Bertz CT molecular complexity index is 729. The first-order chi connectivity index (χ1) is 9.88. The van der Waals surface area contributed by atoms with Crippen LogP contribution in [0.25, 0.3) is 0 Å². The second-order valence-electron chi connectivity index (χ2n) is 4.15. The average molecular weight is 399 g/mol. The lowest BCUT2D eigenvalue weighted by Crippen LogP contribution is -2.12. The predicted molar refractivity (Wildman–Crippen MR) is 83.8 cm³/mol. The number of aromatic carboxylic acids is 1. The zero-order valence-corrected chi connectivity index (χ0v) is 12.7. The fourth-order valence-electron chi connectivity index (χ4n) is 1.65. The Kier molecular flexibility index (Phi) is 4.32. The highest BCUT2D eigenvalue weighted by molar-refractivity contribution is 14.1. The van der Waals surface area contributed by atoms with Crippen molar-refractivity contribution in [1.82, 2.24) is 0 Å². The van der Waals surface area contributed by atoms with Crippen LogP contribution in [0, 0.1) is 3.57 Å². The van der Waals surface area contributed by atoms with Crippen molar-refractivity contribution in [2.24, 2.45) is 0 Å². The molecular weight excluding hydrogens is 389 g/mol. The molecule has 0 heterocycles. The van der Waals surface area contributed by atoms with Crippen LogP contribution in [0.2, 0.25) is 0 Å². The number of halogens is 1. The van der Waals surface area contributed by atoms with E-state index in [0.29, 0.717) is 0 Å². The molecule has 0 unspecified atom stereocenters. The molecule has 0 saturated carbocycles. The normalized spacial score (nSPS) is 10.1. The quantitative estimate of drug-likeness (QED) is 0.469. The maximum Gasteiger partial charge on any atom is 0.335 e. The molecule has 21 heavy (non-hydrogen) atoms. The van der Waals surface area contributed by atoms with Crippen molar-refractivity contribution in [3.63, 3.8) is 0 Å². The maximum atomic E-state index is 12.1.